The Balaban J connectivity index is 2.03. The summed E-state index contributed by atoms with van der Waals surface area (Å²) in [6.07, 6.45) is 4.62. The van der Waals surface area contributed by atoms with Crippen LogP contribution in [0.25, 0.3) is 0 Å². The Labute approximate surface area is 87.7 Å². The van der Waals surface area contributed by atoms with E-state index >= 15 is 0 Å². The zero-order valence-electron chi connectivity index (χ0n) is 8.16. The third kappa shape index (κ3) is 2.51. The Kier molecular flexibility index (Phi) is 2.77. The van der Waals surface area contributed by atoms with Crippen LogP contribution < -0.4 is 11.1 Å². The minimum absolute atomic E-state index is 0.530. The molecule has 4 nitrogen and oxygen atoms in total. The molecule has 0 amide bonds. The van der Waals surface area contributed by atoms with Crippen molar-refractivity contribution in [3.05, 3.63) is 6.07 Å². The molecule has 14 heavy (non-hydrogen) atoms. The molecule has 0 radical (unpaired) electrons. The van der Waals surface area contributed by atoms with Crippen molar-refractivity contribution in [3.8, 4) is 0 Å². The van der Waals surface area contributed by atoms with E-state index in [4.69, 9.17) is 5.73 Å². The van der Waals surface area contributed by atoms with Crippen LogP contribution in [0.15, 0.2) is 11.2 Å². The van der Waals surface area contributed by atoms with Crippen molar-refractivity contribution in [1.29, 1.82) is 0 Å². The average molecular weight is 210 g/mol. The first kappa shape index (κ1) is 9.58. The van der Waals surface area contributed by atoms with Gasteiger partial charge in [-0.2, -0.15) is 0 Å². The second-order valence-electron chi connectivity index (χ2n) is 3.49. The fourth-order valence-electron chi connectivity index (χ4n) is 1.20. The Hall–Kier alpha value is -0.970. The van der Waals surface area contributed by atoms with Crippen LogP contribution in [0.4, 0.5) is 11.6 Å². The highest BCUT2D eigenvalue weighted by atomic mass is 32.2. The summed E-state index contributed by atoms with van der Waals surface area (Å²) in [5, 5.41) is 4.00. The molecule has 76 valence electrons. The van der Waals surface area contributed by atoms with E-state index in [2.05, 4.69) is 15.3 Å². The number of anilines is 2. The quantitative estimate of drug-likeness (QED) is 0.584. The van der Waals surface area contributed by atoms with Crippen LogP contribution in [-0.2, 0) is 0 Å². The SMILES string of the molecule is CSc1nc(N)cc(NCC2CC2)n1. The van der Waals surface area contributed by atoms with Crippen LogP contribution in [0, 0.1) is 5.92 Å². The second kappa shape index (κ2) is 4.04. The normalized spacial score (nSPS) is 15.5. The lowest BCUT2D eigenvalue weighted by Gasteiger charge is -2.06. The van der Waals surface area contributed by atoms with Crippen LogP contribution in [0.3, 0.4) is 0 Å². The minimum Gasteiger partial charge on any atom is -0.383 e. The van der Waals surface area contributed by atoms with E-state index < -0.39 is 0 Å². The number of nitrogens with zero attached hydrogens (tertiary/aromatic N) is 2. The number of nitrogen functional groups attached to an aromatic ring is 1. The molecule has 0 aliphatic heterocycles. The first-order chi connectivity index (χ1) is 6.78. The zero-order chi connectivity index (χ0) is 9.97. The minimum atomic E-state index is 0.530. The van der Waals surface area contributed by atoms with E-state index in [0.717, 1.165) is 23.4 Å². The third-order valence-electron chi connectivity index (χ3n) is 2.18. The van der Waals surface area contributed by atoms with Gasteiger partial charge in [-0.25, -0.2) is 9.97 Å². The number of hydrogen-bond acceptors (Lipinski definition) is 5. The van der Waals surface area contributed by atoms with Gasteiger partial charge < -0.3 is 11.1 Å². The fraction of sp³-hybridized carbons (Fsp3) is 0.556. The van der Waals surface area contributed by atoms with Crippen LogP contribution in [0.5, 0.6) is 0 Å². The Morgan fingerprint density at radius 3 is 3.00 bits per heavy atom. The molecule has 0 saturated heterocycles. The van der Waals surface area contributed by atoms with Crippen molar-refractivity contribution >= 4 is 23.4 Å². The maximum Gasteiger partial charge on any atom is 0.191 e. The van der Waals surface area contributed by atoms with E-state index in [1.807, 2.05) is 6.26 Å². The van der Waals surface area contributed by atoms with Crippen molar-refractivity contribution < 1.29 is 0 Å². The smallest absolute Gasteiger partial charge is 0.191 e. The highest BCUT2D eigenvalue weighted by Crippen LogP contribution is 2.28. The van der Waals surface area contributed by atoms with Gasteiger partial charge in [0, 0.05) is 12.6 Å². The number of rotatable bonds is 4. The molecule has 0 atom stereocenters. The van der Waals surface area contributed by atoms with Gasteiger partial charge in [0.2, 0.25) is 0 Å². The summed E-state index contributed by atoms with van der Waals surface area (Å²) >= 11 is 1.50. The first-order valence-corrected chi connectivity index (χ1v) is 5.93. The van der Waals surface area contributed by atoms with Crippen LogP contribution in [0.2, 0.25) is 0 Å². The van der Waals surface area contributed by atoms with E-state index in [1.165, 1.54) is 24.6 Å². The zero-order valence-corrected chi connectivity index (χ0v) is 8.97. The Morgan fingerprint density at radius 2 is 2.36 bits per heavy atom. The summed E-state index contributed by atoms with van der Waals surface area (Å²) in [4.78, 5) is 8.40. The summed E-state index contributed by atoms with van der Waals surface area (Å²) < 4.78 is 0. The maximum absolute atomic E-state index is 5.65. The van der Waals surface area contributed by atoms with Crippen LogP contribution >= 0.6 is 11.8 Å². The summed E-state index contributed by atoms with van der Waals surface area (Å²) in [6, 6.07) is 1.78. The number of aromatic nitrogens is 2. The highest BCUT2D eigenvalue weighted by Gasteiger charge is 2.20. The third-order valence-corrected chi connectivity index (χ3v) is 2.72. The molecular weight excluding hydrogens is 196 g/mol. The molecule has 1 fully saturated rings. The van der Waals surface area contributed by atoms with E-state index in [0.29, 0.717) is 5.82 Å². The van der Waals surface area contributed by atoms with E-state index in [-0.39, 0.29) is 0 Å². The lowest BCUT2D eigenvalue weighted by molar-refractivity contribution is 0.870. The van der Waals surface area contributed by atoms with Gasteiger partial charge in [0.15, 0.2) is 5.16 Å². The number of thioether (sulfide) groups is 1. The van der Waals surface area contributed by atoms with Crippen molar-refractivity contribution in [2.24, 2.45) is 5.92 Å². The molecule has 1 aromatic heterocycles. The van der Waals surface area contributed by atoms with Crippen molar-refractivity contribution in [1.82, 2.24) is 9.97 Å². The Morgan fingerprint density at radius 1 is 1.57 bits per heavy atom. The van der Waals surface area contributed by atoms with Crippen molar-refractivity contribution in [3.63, 3.8) is 0 Å². The van der Waals surface area contributed by atoms with Gasteiger partial charge in [0.05, 0.1) is 0 Å². The molecule has 0 bridgehead atoms. The molecule has 0 unspecified atom stereocenters. The van der Waals surface area contributed by atoms with Crippen molar-refractivity contribution in [2.45, 2.75) is 18.0 Å². The molecule has 3 N–H and O–H groups in total. The Bertz CT molecular complexity index is 325. The highest BCUT2D eigenvalue weighted by molar-refractivity contribution is 7.98. The molecule has 1 aromatic rings. The molecule has 5 heteroatoms. The van der Waals surface area contributed by atoms with Gasteiger partial charge >= 0.3 is 0 Å². The molecule has 1 aliphatic carbocycles. The number of nitrogens with two attached hydrogens (primary N) is 1. The van der Waals surface area contributed by atoms with E-state index in [9.17, 15) is 0 Å². The molecule has 1 saturated carbocycles. The lowest BCUT2D eigenvalue weighted by Crippen LogP contribution is -2.07. The summed E-state index contributed by atoms with van der Waals surface area (Å²) in [5.41, 5.74) is 5.65. The van der Waals surface area contributed by atoms with Crippen LogP contribution in [0.1, 0.15) is 12.8 Å². The van der Waals surface area contributed by atoms with Gasteiger partial charge in [-0.05, 0) is 25.0 Å². The predicted molar refractivity (Wildman–Crippen MR) is 59.4 cm³/mol. The fourth-order valence-corrected chi connectivity index (χ4v) is 1.58. The second-order valence-corrected chi connectivity index (χ2v) is 4.26. The molecular formula is C9H14N4S. The summed E-state index contributed by atoms with van der Waals surface area (Å²) in [5.74, 6) is 2.21. The number of nitrogens with one attached hydrogen (secondary N) is 1. The van der Waals surface area contributed by atoms with Crippen molar-refractivity contribution in [2.75, 3.05) is 23.9 Å². The monoisotopic (exact) mass is 210 g/mol. The van der Waals surface area contributed by atoms with Gasteiger partial charge in [-0.15, -0.1) is 0 Å². The maximum atomic E-state index is 5.65. The van der Waals surface area contributed by atoms with Gasteiger partial charge in [0.1, 0.15) is 11.6 Å². The lowest BCUT2D eigenvalue weighted by atomic mass is 10.4. The molecule has 1 aliphatic rings. The molecule has 0 spiro atoms. The van der Waals surface area contributed by atoms with Gasteiger partial charge in [-0.1, -0.05) is 11.8 Å². The molecule has 2 rings (SSSR count). The molecule has 0 aromatic carbocycles. The largest absolute Gasteiger partial charge is 0.383 e. The predicted octanol–water partition coefficient (Wildman–Crippen LogP) is 1.60. The summed E-state index contributed by atoms with van der Waals surface area (Å²) in [6.45, 7) is 1.00. The van der Waals surface area contributed by atoms with Gasteiger partial charge in [0.25, 0.3) is 0 Å². The standard InChI is InChI=1S/C9H14N4S/c1-14-9-12-7(10)4-8(13-9)11-5-6-2-3-6/h4,6H,2-3,5H2,1H3,(H3,10,11,12,13). The van der Waals surface area contributed by atoms with Gasteiger partial charge in [-0.3, -0.25) is 0 Å². The first-order valence-electron chi connectivity index (χ1n) is 4.70. The topological polar surface area (TPSA) is 63.8 Å². The average Bonchev–Trinajstić information content (AvgIpc) is 2.97. The summed E-state index contributed by atoms with van der Waals surface area (Å²) in [7, 11) is 0. The molecule has 1 heterocycles. The number of hydrogen-bond donors (Lipinski definition) is 2. The van der Waals surface area contributed by atoms with E-state index in [1.54, 1.807) is 6.07 Å². The van der Waals surface area contributed by atoms with Crippen LogP contribution in [-0.4, -0.2) is 22.8 Å².